The van der Waals surface area contributed by atoms with Gasteiger partial charge in [-0.1, -0.05) is 36.9 Å². The van der Waals surface area contributed by atoms with Gasteiger partial charge in [0.2, 0.25) is 0 Å². The van der Waals surface area contributed by atoms with Crippen LogP contribution in [0, 0.1) is 0 Å². The van der Waals surface area contributed by atoms with Gasteiger partial charge in [0, 0.05) is 30.2 Å². The van der Waals surface area contributed by atoms with Crippen LogP contribution < -0.4 is 10.6 Å². The summed E-state index contributed by atoms with van der Waals surface area (Å²) in [5.74, 6) is -0.474. The largest absolute Gasteiger partial charge is 0.352 e. The molecule has 1 heterocycles. The maximum Gasteiger partial charge on any atom is 0.255 e. The quantitative estimate of drug-likeness (QED) is 0.594. The Hall–Kier alpha value is -3.06. The Kier molecular flexibility index (Phi) is 6.49. The summed E-state index contributed by atoms with van der Waals surface area (Å²) in [6.07, 6.45) is 6.38. The van der Waals surface area contributed by atoms with Crippen LogP contribution in [0.1, 0.15) is 34.1 Å². The second-order valence-corrected chi connectivity index (χ2v) is 6.86. The van der Waals surface area contributed by atoms with E-state index in [1.165, 1.54) is 11.8 Å². The highest BCUT2D eigenvalue weighted by atomic mass is 32.2. The first-order valence-electron chi connectivity index (χ1n) is 9.00. The summed E-state index contributed by atoms with van der Waals surface area (Å²) in [7, 11) is 0. The van der Waals surface area contributed by atoms with E-state index in [0.29, 0.717) is 23.4 Å². The van der Waals surface area contributed by atoms with Crippen LogP contribution in [-0.2, 0) is 0 Å². The number of nitrogens with one attached hydrogen (secondary N) is 2. The van der Waals surface area contributed by atoms with Crippen LogP contribution >= 0.6 is 11.8 Å². The van der Waals surface area contributed by atoms with Crippen molar-refractivity contribution < 1.29 is 9.59 Å². The SMILES string of the molecule is CCCNC(=O)c1ccccc1NC(=O)c1cccc(-n2ccnc2SC)c1. The molecule has 0 aliphatic carbocycles. The van der Waals surface area contributed by atoms with Crippen molar-refractivity contribution in [2.24, 2.45) is 0 Å². The molecular weight excluding hydrogens is 372 g/mol. The maximum atomic E-state index is 12.8. The molecule has 6 nitrogen and oxygen atoms in total. The van der Waals surface area contributed by atoms with Crippen LogP contribution in [0.3, 0.4) is 0 Å². The number of carbonyl (C=O) groups excluding carboxylic acids is 2. The zero-order valence-electron chi connectivity index (χ0n) is 15.8. The van der Waals surface area contributed by atoms with Gasteiger partial charge in [0.15, 0.2) is 5.16 Å². The Morgan fingerprint density at radius 1 is 1.11 bits per heavy atom. The first-order chi connectivity index (χ1) is 13.6. The molecule has 0 aliphatic heterocycles. The van der Waals surface area contributed by atoms with Gasteiger partial charge in [-0.15, -0.1) is 0 Å². The van der Waals surface area contributed by atoms with E-state index in [1.54, 1.807) is 42.6 Å². The molecule has 2 aromatic carbocycles. The number of carbonyl (C=O) groups is 2. The molecule has 0 saturated heterocycles. The number of hydrogen-bond donors (Lipinski definition) is 2. The van der Waals surface area contributed by atoms with Crippen LogP contribution in [0.25, 0.3) is 5.69 Å². The van der Waals surface area contributed by atoms with E-state index in [2.05, 4.69) is 15.6 Å². The number of aromatic nitrogens is 2. The monoisotopic (exact) mass is 394 g/mol. The lowest BCUT2D eigenvalue weighted by molar-refractivity contribution is 0.0954. The van der Waals surface area contributed by atoms with Crippen molar-refractivity contribution in [1.82, 2.24) is 14.9 Å². The second-order valence-electron chi connectivity index (χ2n) is 6.09. The highest BCUT2D eigenvalue weighted by molar-refractivity contribution is 7.98. The highest BCUT2D eigenvalue weighted by Gasteiger charge is 2.14. The summed E-state index contributed by atoms with van der Waals surface area (Å²) >= 11 is 1.53. The van der Waals surface area contributed by atoms with Crippen LogP contribution in [0.4, 0.5) is 5.69 Å². The number of thioether (sulfide) groups is 1. The average Bonchev–Trinajstić information content (AvgIpc) is 3.21. The summed E-state index contributed by atoms with van der Waals surface area (Å²) in [5, 5.41) is 6.54. The van der Waals surface area contributed by atoms with Gasteiger partial charge in [0.25, 0.3) is 11.8 Å². The molecule has 1 aromatic heterocycles. The van der Waals surface area contributed by atoms with Crippen molar-refractivity contribution in [2.45, 2.75) is 18.5 Å². The van der Waals surface area contributed by atoms with E-state index in [-0.39, 0.29) is 11.8 Å². The van der Waals surface area contributed by atoms with Crippen molar-refractivity contribution in [3.63, 3.8) is 0 Å². The predicted octanol–water partition coefficient (Wildman–Crippen LogP) is 3.99. The Morgan fingerprint density at radius 3 is 2.71 bits per heavy atom. The second kappa shape index (κ2) is 9.23. The summed E-state index contributed by atoms with van der Waals surface area (Å²) in [4.78, 5) is 29.4. The maximum absolute atomic E-state index is 12.8. The number of imidazole rings is 1. The number of nitrogens with zero attached hydrogens (tertiary/aromatic N) is 2. The van der Waals surface area contributed by atoms with E-state index in [0.717, 1.165) is 17.3 Å². The molecule has 7 heteroatoms. The van der Waals surface area contributed by atoms with Gasteiger partial charge < -0.3 is 10.6 Å². The van der Waals surface area contributed by atoms with Crippen molar-refractivity contribution in [2.75, 3.05) is 18.1 Å². The molecule has 0 atom stereocenters. The number of benzene rings is 2. The van der Waals surface area contributed by atoms with E-state index in [4.69, 9.17) is 0 Å². The van der Waals surface area contributed by atoms with E-state index in [1.807, 2.05) is 36.1 Å². The number of hydrogen-bond acceptors (Lipinski definition) is 4. The Morgan fingerprint density at radius 2 is 1.93 bits per heavy atom. The molecular formula is C21H22N4O2S. The third kappa shape index (κ3) is 4.43. The van der Waals surface area contributed by atoms with Gasteiger partial charge in [-0.05, 0) is 43.0 Å². The fourth-order valence-corrected chi connectivity index (χ4v) is 3.28. The molecule has 2 N–H and O–H groups in total. The lowest BCUT2D eigenvalue weighted by atomic mass is 10.1. The highest BCUT2D eigenvalue weighted by Crippen LogP contribution is 2.20. The van der Waals surface area contributed by atoms with Gasteiger partial charge in [0.1, 0.15) is 0 Å². The van der Waals surface area contributed by atoms with Crippen molar-refractivity contribution >= 4 is 29.3 Å². The molecule has 0 saturated carbocycles. The zero-order valence-corrected chi connectivity index (χ0v) is 16.6. The molecule has 0 radical (unpaired) electrons. The van der Waals surface area contributed by atoms with Crippen LogP contribution in [0.2, 0.25) is 0 Å². The Bertz CT molecular complexity index is 984. The van der Waals surface area contributed by atoms with Gasteiger partial charge in [-0.25, -0.2) is 4.98 Å². The molecule has 0 spiro atoms. The fourth-order valence-electron chi connectivity index (χ4n) is 2.75. The van der Waals surface area contributed by atoms with Crippen LogP contribution in [0.15, 0.2) is 66.1 Å². The van der Waals surface area contributed by atoms with Crippen molar-refractivity contribution in [3.05, 3.63) is 72.1 Å². The van der Waals surface area contributed by atoms with Gasteiger partial charge in [0.05, 0.1) is 11.3 Å². The van der Waals surface area contributed by atoms with E-state index in [9.17, 15) is 9.59 Å². The van der Waals surface area contributed by atoms with Crippen LogP contribution in [-0.4, -0.2) is 34.2 Å². The summed E-state index contributed by atoms with van der Waals surface area (Å²) < 4.78 is 1.92. The first kappa shape index (κ1) is 19.7. The molecule has 0 aliphatic rings. The number of rotatable bonds is 7. The van der Waals surface area contributed by atoms with Crippen LogP contribution in [0.5, 0.6) is 0 Å². The zero-order chi connectivity index (χ0) is 19.9. The smallest absolute Gasteiger partial charge is 0.255 e. The Balaban J connectivity index is 1.83. The molecule has 3 aromatic rings. The summed E-state index contributed by atoms with van der Waals surface area (Å²) in [6.45, 7) is 2.58. The minimum absolute atomic E-state index is 0.200. The van der Waals surface area contributed by atoms with E-state index >= 15 is 0 Å². The average molecular weight is 395 g/mol. The topological polar surface area (TPSA) is 76.0 Å². The fraction of sp³-hybridized carbons (Fsp3) is 0.190. The standard InChI is InChI=1S/C21H22N4O2S/c1-3-11-22-20(27)17-9-4-5-10-18(17)24-19(26)15-7-6-8-16(14-15)25-13-12-23-21(25)28-2/h4-10,12-14H,3,11H2,1-2H3,(H,22,27)(H,24,26). The molecule has 2 amide bonds. The number of para-hydroxylation sites is 1. The third-order valence-electron chi connectivity index (χ3n) is 4.13. The normalized spacial score (nSPS) is 10.5. The van der Waals surface area contributed by atoms with Gasteiger partial charge in [-0.2, -0.15) is 0 Å². The molecule has 0 bridgehead atoms. The molecule has 144 valence electrons. The van der Waals surface area contributed by atoms with Crippen molar-refractivity contribution in [3.8, 4) is 5.69 Å². The van der Waals surface area contributed by atoms with Gasteiger partial charge >= 0.3 is 0 Å². The van der Waals surface area contributed by atoms with Gasteiger partial charge in [-0.3, -0.25) is 14.2 Å². The van der Waals surface area contributed by atoms with Crippen molar-refractivity contribution in [1.29, 1.82) is 0 Å². The summed E-state index contributed by atoms with van der Waals surface area (Å²) in [6, 6.07) is 14.3. The molecule has 0 fully saturated rings. The predicted molar refractivity (Wildman–Crippen MR) is 112 cm³/mol. The minimum atomic E-state index is -0.275. The van der Waals surface area contributed by atoms with E-state index < -0.39 is 0 Å². The third-order valence-corrected chi connectivity index (χ3v) is 4.80. The summed E-state index contributed by atoms with van der Waals surface area (Å²) in [5.41, 5.74) is 2.28. The first-order valence-corrected chi connectivity index (χ1v) is 10.2. The Labute approximate surface area is 168 Å². The molecule has 0 unspecified atom stereocenters. The molecule has 28 heavy (non-hydrogen) atoms. The number of amides is 2. The lowest BCUT2D eigenvalue weighted by Gasteiger charge is -2.12. The minimum Gasteiger partial charge on any atom is -0.352 e. The lowest BCUT2D eigenvalue weighted by Crippen LogP contribution is -2.25. The molecule has 3 rings (SSSR count). The number of anilines is 1.